The number of fused-ring (bicyclic) bond motifs is 1. The van der Waals surface area contributed by atoms with E-state index in [2.05, 4.69) is 24.7 Å². The van der Waals surface area contributed by atoms with Gasteiger partial charge in [-0.3, -0.25) is 4.98 Å². The highest BCUT2D eigenvalue weighted by Crippen LogP contribution is 2.45. The number of carbonyl (C=O) groups excluding carboxylic acids is 2. The summed E-state index contributed by atoms with van der Waals surface area (Å²) in [5.41, 5.74) is 10.0. The summed E-state index contributed by atoms with van der Waals surface area (Å²) in [4.78, 5) is 41.7. The summed E-state index contributed by atoms with van der Waals surface area (Å²) in [6.07, 6.45) is 1.02. The zero-order chi connectivity index (χ0) is 33.7. The molecule has 5 heterocycles. The number of halogens is 4. The van der Waals surface area contributed by atoms with E-state index in [-0.39, 0.29) is 71.0 Å². The maximum absolute atomic E-state index is 16.5. The fraction of sp³-hybridized carbons (Fsp3) is 0.310. The molecule has 1 fully saturated rings. The molecule has 6 rings (SSSR count). The van der Waals surface area contributed by atoms with Crippen LogP contribution in [0.3, 0.4) is 0 Å². The Morgan fingerprint density at radius 3 is 2.60 bits per heavy atom. The second-order valence-electron chi connectivity index (χ2n) is 10.9. The molecule has 0 spiro atoms. The number of nitrogens with two attached hydrogens (primary N) is 2. The van der Waals surface area contributed by atoms with Crippen LogP contribution in [0.1, 0.15) is 18.4 Å². The molecule has 2 aliphatic heterocycles. The van der Waals surface area contributed by atoms with E-state index in [4.69, 9.17) is 20.9 Å². The van der Waals surface area contributed by atoms with E-state index in [1.54, 1.807) is 0 Å². The van der Waals surface area contributed by atoms with Gasteiger partial charge in [0.2, 0.25) is 0 Å². The van der Waals surface area contributed by atoms with Crippen molar-refractivity contribution < 1.29 is 46.5 Å². The Kier molecular flexibility index (Phi) is 7.71. The molecule has 2 aliphatic rings. The summed E-state index contributed by atoms with van der Waals surface area (Å²) in [5, 5.41) is 11.2. The van der Waals surface area contributed by atoms with Crippen molar-refractivity contribution in [1.29, 1.82) is 0 Å². The number of nitrogens with zero attached hydrogens (tertiary/aromatic N) is 6. The minimum absolute atomic E-state index is 0.0496. The normalized spacial score (nSPS) is 23.5. The first-order chi connectivity index (χ1) is 22.3. The van der Waals surface area contributed by atoms with Gasteiger partial charge in [-0.25, -0.2) is 33.3 Å². The Bertz CT molecular complexity index is 1940. The molecule has 0 aliphatic carbocycles. The fourth-order valence-corrected chi connectivity index (χ4v) is 5.83. The number of alkyl halides is 2. The zero-order valence-corrected chi connectivity index (χ0v) is 24.5. The van der Waals surface area contributed by atoms with Crippen LogP contribution < -0.4 is 21.1 Å². The van der Waals surface area contributed by atoms with E-state index in [0.717, 1.165) is 6.07 Å². The van der Waals surface area contributed by atoms with Crippen LogP contribution in [-0.4, -0.2) is 79.2 Å². The predicted octanol–water partition coefficient (Wildman–Crippen LogP) is 2.04. The number of benzene rings is 1. The minimum Gasteiger partial charge on any atom is -0.493 e. The third kappa shape index (κ3) is 5.24. The monoisotopic (exact) mass is 658 g/mol. The average Bonchev–Trinajstić information content (AvgIpc) is 3.45. The van der Waals surface area contributed by atoms with Gasteiger partial charge in [-0.1, -0.05) is 0 Å². The third-order valence-corrected chi connectivity index (χ3v) is 8.08. The number of ether oxygens (including phenoxy) is 3. The number of imidazole rings is 1. The van der Waals surface area contributed by atoms with E-state index in [1.807, 2.05) is 0 Å². The molecule has 1 aromatic carbocycles. The van der Waals surface area contributed by atoms with Crippen LogP contribution >= 0.6 is 0 Å². The van der Waals surface area contributed by atoms with Crippen LogP contribution in [0.2, 0.25) is 0 Å². The average molecular weight is 659 g/mol. The lowest BCUT2D eigenvalue weighted by Crippen LogP contribution is -2.76. The maximum Gasteiger partial charge on any atom is 0.470 e. The van der Waals surface area contributed by atoms with E-state index in [0.29, 0.717) is 12.2 Å². The van der Waals surface area contributed by atoms with Crippen molar-refractivity contribution in [3.63, 3.8) is 0 Å². The first kappa shape index (κ1) is 31.6. The number of esters is 2. The zero-order valence-electron chi connectivity index (χ0n) is 24.5. The van der Waals surface area contributed by atoms with Crippen LogP contribution in [0, 0.1) is 11.6 Å². The van der Waals surface area contributed by atoms with Gasteiger partial charge in [0.25, 0.3) is 0 Å². The molecule has 246 valence electrons. The standard InChI is InChI=1S/C29H26F4N8O6/c1-45-24-17(11-41-14-39-23-25(34)37-13-38-26(23)41)22(31)16(9-18(24)30)15-5-7-36-10-19(15)40-8-2-6-27(35,12-40)28(44)29(32,33)47-21(43)4-3-20(42)46-28/h3-5,7,9-10,13-14,44H,2,6,8,11-12,35H2,1H3,(H2,34,37,38)/b4-3+/t27-,28+/m1/s1. The smallest absolute Gasteiger partial charge is 0.470 e. The van der Waals surface area contributed by atoms with E-state index in [9.17, 15) is 14.7 Å². The van der Waals surface area contributed by atoms with Crippen LogP contribution in [-0.2, 0) is 25.6 Å². The number of rotatable bonds is 6. The number of aliphatic hydroxyl groups is 1. The molecule has 1 saturated heterocycles. The van der Waals surface area contributed by atoms with Crippen LogP contribution in [0.15, 0.2) is 49.3 Å². The Morgan fingerprint density at radius 2 is 1.85 bits per heavy atom. The Hall–Kier alpha value is -5.36. The van der Waals surface area contributed by atoms with Gasteiger partial charge in [0, 0.05) is 42.6 Å². The number of methoxy groups -OCH3 is 1. The highest BCUT2D eigenvalue weighted by molar-refractivity contribution is 5.92. The van der Waals surface area contributed by atoms with Gasteiger partial charge in [0.15, 0.2) is 23.0 Å². The number of piperidine rings is 1. The number of carbonyl (C=O) groups is 2. The quantitative estimate of drug-likeness (QED) is 0.201. The van der Waals surface area contributed by atoms with Crippen molar-refractivity contribution in [2.24, 2.45) is 5.73 Å². The Balaban J connectivity index is 1.41. The lowest BCUT2D eigenvalue weighted by atomic mass is 9.80. The second kappa shape index (κ2) is 11.5. The van der Waals surface area contributed by atoms with Crippen molar-refractivity contribution in [3.05, 3.63) is 66.5 Å². The molecule has 5 N–H and O–H groups in total. The molecule has 18 heteroatoms. The second-order valence-corrected chi connectivity index (χ2v) is 10.9. The molecule has 0 amide bonds. The van der Waals surface area contributed by atoms with Crippen LogP contribution in [0.4, 0.5) is 29.1 Å². The summed E-state index contributed by atoms with van der Waals surface area (Å²) >= 11 is 0. The first-order valence-electron chi connectivity index (χ1n) is 14.0. The molecule has 47 heavy (non-hydrogen) atoms. The van der Waals surface area contributed by atoms with Crippen molar-refractivity contribution in [1.82, 2.24) is 24.5 Å². The summed E-state index contributed by atoms with van der Waals surface area (Å²) in [7, 11) is 1.18. The van der Waals surface area contributed by atoms with E-state index < -0.39 is 47.6 Å². The largest absolute Gasteiger partial charge is 0.493 e. The summed E-state index contributed by atoms with van der Waals surface area (Å²) in [6.45, 7) is -0.785. The third-order valence-electron chi connectivity index (χ3n) is 8.08. The van der Waals surface area contributed by atoms with Gasteiger partial charge < -0.3 is 40.3 Å². The predicted molar refractivity (Wildman–Crippen MR) is 155 cm³/mol. The summed E-state index contributed by atoms with van der Waals surface area (Å²) in [6, 6.07) is 2.29. The number of hydrogen-bond acceptors (Lipinski definition) is 13. The fourth-order valence-electron chi connectivity index (χ4n) is 5.83. The van der Waals surface area contributed by atoms with Crippen molar-refractivity contribution in [3.8, 4) is 16.9 Å². The SMILES string of the molecule is COc1c(F)cc(-c2ccncc2N2CCC[C@](N)([C@]3(O)OC(=O)/C=C/C(=O)OC3(F)F)C2)c(F)c1Cn1cnc2c(N)ncnc21. The maximum atomic E-state index is 16.5. The Labute approximate surface area is 262 Å². The van der Waals surface area contributed by atoms with E-state index in [1.165, 1.54) is 47.7 Å². The molecular formula is C29H26F4N8O6. The van der Waals surface area contributed by atoms with Crippen molar-refractivity contribution in [2.75, 3.05) is 30.8 Å². The van der Waals surface area contributed by atoms with Gasteiger partial charge in [-0.05, 0) is 25.0 Å². The topological polar surface area (TPSA) is 194 Å². The number of pyridine rings is 1. The number of hydrogen-bond donors (Lipinski definition) is 3. The molecular weight excluding hydrogens is 632 g/mol. The molecule has 4 aromatic rings. The molecule has 0 bridgehead atoms. The molecule has 0 radical (unpaired) electrons. The van der Waals surface area contributed by atoms with Crippen molar-refractivity contribution in [2.45, 2.75) is 36.8 Å². The van der Waals surface area contributed by atoms with E-state index >= 15 is 17.6 Å². The minimum atomic E-state index is -4.77. The molecule has 14 nitrogen and oxygen atoms in total. The first-order valence-corrected chi connectivity index (χ1v) is 14.0. The lowest BCUT2D eigenvalue weighted by molar-refractivity contribution is -0.402. The molecule has 0 saturated carbocycles. The highest BCUT2D eigenvalue weighted by atomic mass is 19.3. The summed E-state index contributed by atoms with van der Waals surface area (Å²) in [5.74, 6) is -9.00. The summed E-state index contributed by atoms with van der Waals surface area (Å²) < 4.78 is 78.1. The highest BCUT2D eigenvalue weighted by Gasteiger charge is 2.71. The number of anilines is 2. The number of nitrogen functional groups attached to an aromatic ring is 1. The van der Waals surface area contributed by atoms with Gasteiger partial charge in [-0.2, -0.15) is 8.78 Å². The van der Waals surface area contributed by atoms with Gasteiger partial charge >= 0.3 is 23.8 Å². The van der Waals surface area contributed by atoms with Gasteiger partial charge in [0.1, 0.15) is 23.2 Å². The van der Waals surface area contributed by atoms with Crippen molar-refractivity contribution >= 4 is 34.6 Å². The van der Waals surface area contributed by atoms with Crippen LogP contribution in [0.5, 0.6) is 5.75 Å². The van der Waals surface area contributed by atoms with Gasteiger partial charge in [-0.15, -0.1) is 0 Å². The Morgan fingerprint density at radius 1 is 1.11 bits per heavy atom. The number of aromatic nitrogens is 5. The molecule has 0 unspecified atom stereocenters. The lowest BCUT2D eigenvalue weighted by Gasteiger charge is -2.50. The molecule has 3 aromatic heterocycles. The van der Waals surface area contributed by atoms with Gasteiger partial charge in [0.05, 0.1) is 37.4 Å². The molecule has 2 atom stereocenters. The van der Waals surface area contributed by atoms with Crippen LogP contribution in [0.25, 0.3) is 22.3 Å². The number of cyclic esters (lactones) is 2.